The van der Waals surface area contributed by atoms with Crippen LogP contribution in [0.3, 0.4) is 0 Å². The molecule has 0 N–H and O–H groups in total. The largest absolute Gasteiger partial charge is 0.310 e. The van der Waals surface area contributed by atoms with E-state index in [1.54, 1.807) is 11.1 Å². The van der Waals surface area contributed by atoms with Crippen LogP contribution >= 0.6 is 22.7 Å². The number of aromatic nitrogens is 1. The molecule has 1 aliphatic heterocycles. The van der Waals surface area contributed by atoms with Crippen molar-refractivity contribution < 1.29 is 0 Å². The first kappa shape index (κ1) is 70.2. The number of rotatable bonds is 10. The molecule has 0 radical (unpaired) electrons. The quantitative estimate of drug-likeness (QED) is 0.135. The highest BCUT2D eigenvalue weighted by atomic mass is 32.1. The van der Waals surface area contributed by atoms with Crippen LogP contribution in [0.2, 0.25) is 0 Å². The van der Waals surface area contributed by atoms with Crippen LogP contribution in [0.25, 0.3) is 146 Å². The normalized spacial score (nSPS) is 21.0. The Labute approximate surface area is 730 Å². The second kappa shape index (κ2) is 26.1. The molecule has 0 amide bonds. The molecule has 28 rings (SSSR count). The first-order valence-electron chi connectivity index (χ1n) is 45.1. The molecule has 0 saturated heterocycles. The maximum Gasteiger partial charge on any atom is 0.0756 e. The van der Waals surface area contributed by atoms with Crippen molar-refractivity contribution in [2.24, 2.45) is 29.6 Å². The summed E-state index contributed by atoms with van der Waals surface area (Å²) in [5, 5.41) is 7.80. The van der Waals surface area contributed by atoms with Gasteiger partial charge in [0.1, 0.15) is 0 Å². The monoisotopic (exact) mass is 1620 g/mol. The van der Waals surface area contributed by atoms with Gasteiger partial charge in [0.2, 0.25) is 0 Å². The van der Waals surface area contributed by atoms with E-state index < -0.39 is 5.41 Å². The molecule has 20 aromatic rings. The Kier molecular flexibility index (Phi) is 14.8. The lowest BCUT2D eigenvalue weighted by atomic mass is 9.56. The minimum absolute atomic E-state index is 0.0227. The molecular formula is C119H85N3S2. The summed E-state index contributed by atoms with van der Waals surface area (Å²) >= 11 is 3.77. The Morgan fingerprint density at radius 3 is 1.31 bits per heavy atom. The predicted octanol–water partition coefficient (Wildman–Crippen LogP) is 32.6. The van der Waals surface area contributed by atoms with Crippen LogP contribution in [0.4, 0.5) is 34.1 Å². The standard InChI is InChI=1S/C119H85N3S2/c1-71-63-72-43-50-77(64-72)118(71)102-34-12-7-26-89(102)99-67-81(58-62-103(99)118)121(79-53-47-75(48-54-79)85-22-3-5-24-87(85)94-31-20-42-113-115(94)97-29-10-17-40-111(97)124-113)83-56-60-91-90-59-55-82(68-106(90)119(107(91)69-83)104-35-13-15-38-109(104)122-108-37-14-8-27-92(108)95-32-18-36-105(119)116(95)122)120(80-57-61-101-98(66-80)88-25-6-11-33-100(88)117(101)70-73-44-49-76(117)65-73)78-51-45-74(46-52-78)84-21-2-4-23-86(84)93-30-19-41-112-114(93)96-28-9-16-39-110(96)123-112/h2-42,45-48,51-62,66-69,71-73,76-77H,43-44,49-50,63-65,70H2,1H3/t71-,72?,73+,76+,77?,117?,118?,119?/m0/s1. The summed E-state index contributed by atoms with van der Waals surface area (Å²) < 4.78 is 7.86. The summed E-state index contributed by atoms with van der Waals surface area (Å²) in [7, 11) is 0. The smallest absolute Gasteiger partial charge is 0.0756 e. The van der Waals surface area contributed by atoms with E-state index in [1.165, 1.54) is 230 Å². The molecule has 4 heterocycles. The fourth-order valence-corrected chi connectivity index (χ4v) is 29.3. The third-order valence-electron chi connectivity index (χ3n) is 31.7. The fraction of sp³-hybridized carbons (Fsp3) is 0.143. The van der Waals surface area contributed by atoms with E-state index in [9.17, 15) is 0 Å². The van der Waals surface area contributed by atoms with Gasteiger partial charge in [0.05, 0.1) is 22.1 Å². The molecule has 124 heavy (non-hydrogen) atoms. The van der Waals surface area contributed by atoms with Gasteiger partial charge in [0, 0.05) is 96.1 Å². The predicted molar refractivity (Wildman–Crippen MR) is 521 cm³/mol. The minimum Gasteiger partial charge on any atom is -0.310 e. The number of para-hydroxylation sites is 3. The molecule has 17 aromatic carbocycles. The van der Waals surface area contributed by atoms with Crippen molar-refractivity contribution in [3.05, 3.63) is 415 Å². The van der Waals surface area contributed by atoms with Gasteiger partial charge in [-0.1, -0.05) is 281 Å². The molecule has 4 saturated carbocycles. The van der Waals surface area contributed by atoms with Gasteiger partial charge < -0.3 is 14.4 Å². The van der Waals surface area contributed by atoms with E-state index >= 15 is 0 Å². The van der Waals surface area contributed by atoms with Crippen molar-refractivity contribution in [2.75, 3.05) is 9.80 Å². The second-order valence-electron chi connectivity index (χ2n) is 37.2. The zero-order chi connectivity index (χ0) is 81.0. The maximum absolute atomic E-state index is 2.64. The van der Waals surface area contributed by atoms with E-state index in [1.807, 2.05) is 22.7 Å². The van der Waals surface area contributed by atoms with Crippen LogP contribution in [0, 0.1) is 29.6 Å². The molecule has 3 spiro atoms. The lowest BCUT2D eigenvalue weighted by molar-refractivity contribution is 0.162. The Balaban J connectivity index is 0.661. The van der Waals surface area contributed by atoms with Crippen molar-refractivity contribution >= 4 is 119 Å². The fourth-order valence-electron chi connectivity index (χ4n) is 27.0. The number of thiophene rings is 2. The number of nitrogens with zero attached hydrogens (tertiary/aromatic N) is 3. The first-order valence-corrected chi connectivity index (χ1v) is 46.7. The summed E-state index contributed by atoms with van der Waals surface area (Å²) in [4.78, 5) is 5.23. The Morgan fingerprint density at radius 1 is 0.282 bits per heavy atom. The number of hydrogen-bond donors (Lipinski definition) is 0. The number of hydrogen-bond acceptors (Lipinski definition) is 4. The van der Waals surface area contributed by atoms with Crippen LogP contribution < -0.4 is 9.80 Å². The van der Waals surface area contributed by atoms with Crippen molar-refractivity contribution in [1.29, 1.82) is 0 Å². The van der Waals surface area contributed by atoms with Gasteiger partial charge in [0.15, 0.2) is 0 Å². The SMILES string of the molecule is C[C@H]1CC2CCC(C2)C12c1ccccc1-c1cc(N(c3ccc(-c4ccccc4-c4cccc5sc6ccccc6c45)cc3)c3ccc4c(c3)C3(c5cc(N(c6ccc(-c7ccccc7-c7cccc8sc9ccccc9c78)cc6)c6ccc7c(c6)-c6ccccc6C76C[C@@H]7CC[C@@H]6C7)ccc5-4)c4ccccc4-n4c5ccccc5c5cccc3c54)ccc12. The molecule has 5 unspecified atom stereocenters. The molecule has 4 bridgehead atoms. The van der Waals surface area contributed by atoms with Crippen LogP contribution in [-0.2, 0) is 16.2 Å². The van der Waals surface area contributed by atoms with E-state index in [0.717, 1.165) is 46.0 Å². The van der Waals surface area contributed by atoms with Gasteiger partial charge in [-0.2, -0.15) is 0 Å². The average Bonchev–Trinajstić information content (AvgIpc) is 1.49. The molecule has 3 aromatic heterocycles. The highest BCUT2D eigenvalue weighted by Crippen LogP contribution is 2.70. The average molecular weight is 1620 g/mol. The molecule has 7 aliphatic carbocycles. The van der Waals surface area contributed by atoms with Crippen LogP contribution in [0.1, 0.15) is 103 Å². The van der Waals surface area contributed by atoms with Gasteiger partial charge in [-0.15, -0.1) is 22.7 Å². The zero-order valence-electron chi connectivity index (χ0n) is 68.9. The maximum atomic E-state index is 2.64. The van der Waals surface area contributed by atoms with E-state index in [0.29, 0.717) is 17.8 Å². The zero-order valence-corrected chi connectivity index (χ0v) is 70.6. The third kappa shape index (κ3) is 9.40. The van der Waals surface area contributed by atoms with Gasteiger partial charge in [0.25, 0.3) is 0 Å². The van der Waals surface area contributed by atoms with E-state index in [-0.39, 0.29) is 10.8 Å². The highest BCUT2D eigenvalue weighted by molar-refractivity contribution is 7.26. The van der Waals surface area contributed by atoms with Crippen molar-refractivity contribution in [3.8, 4) is 83.6 Å². The van der Waals surface area contributed by atoms with Crippen LogP contribution in [-0.4, -0.2) is 4.57 Å². The van der Waals surface area contributed by atoms with Gasteiger partial charge in [-0.25, -0.2) is 0 Å². The van der Waals surface area contributed by atoms with E-state index in [4.69, 9.17) is 0 Å². The number of fused-ring (bicyclic) bond motifs is 34. The highest BCUT2D eigenvalue weighted by Gasteiger charge is 2.59. The van der Waals surface area contributed by atoms with Crippen molar-refractivity contribution in [3.63, 3.8) is 0 Å². The molecule has 3 nitrogen and oxygen atoms in total. The molecular weight excluding hydrogens is 1540 g/mol. The topological polar surface area (TPSA) is 11.4 Å². The number of anilines is 6. The van der Waals surface area contributed by atoms with Crippen molar-refractivity contribution in [1.82, 2.24) is 4.57 Å². The van der Waals surface area contributed by atoms with Gasteiger partial charge >= 0.3 is 0 Å². The second-order valence-corrected chi connectivity index (χ2v) is 39.3. The molecule has 588 valence electrons. The summed E-state index contributed by atoms with van der Waals surface area (Å²) in [6.07, 6.45) is 10.4. The Bertz CT molecular complexity index is 7990. The van der Waals surface area contributed by atoms with Crippen LogP contribution in [0.5, 0.6) is 0 Å². The van der Waals surface area contributed by atoms with E-state index in [2.05, 4.69) is 391 Å². The lowest BCUT2D eigenvalue weighted by Crippen LogP contribution is -2.43. The van der Waals surface area contributed by atoms with Crippen molar-refractivity contribution in [2.45, 2.75) is 74.5 Å². The Morgan fingerprint density at radius 2 is 0.702 bits per heavy atom. The Hall–Kier alpha value is -13.4. The molecule has 8 aliphatic rings. The molecule has 5 heteroatoms. The van der Waals surface area contributed by atoms with Gasteiger partial charge in [-0.3, -0.25) is 0 Å². The molecule has 8 atom stereocenters. The number of benzene rings is 17. The summed E-state index contributed by atoms with van der Waals surface area (Å²) in [5.41, 5.74) is 38.8. The summed E-state index contributed by atoms with van der Waals surface area (Å²) in [6.45, 7) is 2.59. The summed E-state index contributed by atoms with van der Waals surface area (Å²) in [6, 6.07) is 145. The minimum atomic E-state index is -0.826. The third-order valence-corrected chi connectivity index (χ3v) is 34.0. The van der Waals surface area contributed by atoms with Gasteiger partial charge in [-0.05, 0) is 300 Å². The summed E-state index contributed by atoms with van der Waals surface area (Å²) in [5.74, 6) is 3.39. The van der Waals surface area contributed by atoms with Crippen LogP contribution in [0.15, 0.2) is 370 Å². The molecule has 4 fully saturated rings. The first-order chi connectivity index (χ1) is 61.3. The lowest BCUT2D eigenvalue weighted by Gasteiger charge is -2.47.